The lowest BCUT2D eigenvalue weighted by molar-refractivity contribution is -0.113. The number of hydrogen-bond donors (Lipinski definition) is 0. The van der Waals surface area contributed by atoms with Gasteiger partial charge in [0.25, 0.3) is 5.91 Å². The molecule has 0 atom stereocenters. The van der Waals surface area contributed by atoms with Gasteiger partial charge in [0.1, 0.15) is 0 Å². The molecule has 1 saturated heterocycles. The van der Waals surface area contributed by atoms with E-state index in [1.54, 1.807) is 31.4 Å². The summed E-state index contributed by atoms with van der Waals surface area (Å²) in [6, 6.07) is 12.7. The average Bonchev–Trinajstić information content (AvgIpc) is 2.93. The molecule has 0 bridgehead atoms. The van der Waals surface area contributed by atoms with E-state index in [1.165, 1.54) is 16.7 Å². The zero-order chi connectivity index (χ0) is 19.4. The van der Waals surface area contributed by atoms with Crippen molar-refractivity contribution in [3.05, 3.63) is 58.0 Å². The van der Waals surface area contributed by atoms with Crippen molar-refractivity contribution in [3.63, 3.8) is 0 Å². The van der Waals surface area contributed by atoms with Crippen LogP contribution in [-0.2, 0) is 4.79 Å². The number of methoxy groups -OCH3 is 1. The van der Waals surface area contributed by atoms with Gasteiger partial charge in [0, 0.05) is 5.02 Å². The van der Waals surface area contributed by atoms with Gasteiger partial charge in [-0.05, 0) is 48.4 Å². The average molecular weight is 420 g/mol. The van der Waals surface area contributed by atoms with Gasteiger partial charge in [-0.2, -0.15) is 0 Å². The van der Waals surface area contributed by atoms with Gasteiger partial charge in [-0.1, -0.05) is 54.6 Å². The number of carbonyl (C=O) groups excluding carboxylic acids is 1. The summed E-state index contributed by atoms with van der Waals surface area (Å²) in [4.78, 5) is 14.9. The molecule has 0 N–H and O–H groups in total. The lowest BCUT2D eigenvalue weighted by Gasteiger charge is -2.14. The Kier molecular flexibility index (Phi) is 6.42. The number of nitrogens with zero attached hydrogens (tertiary/aromatic N) is 1. The number of thioether (sulfide) groups is 1. The van der Waals surface area contributed by atoms with Crippen molar-refractivity contribution in [2.75, 3.05) is 18.6 Å². The Morgan fingerprint density at radius 1 is 1.22 bits per heavy atom. The summed E-state index contributed by atoms with van der Waals surface area (Å²) in [6.07, 6.45) is 2.72. The molecule has 1 aliphatic heterocycles. The summed E-state index contributed by atoms with van der Waals surface area (Å²) < 4.78 is 11.5. The second-order valence-electron chi connectivity index (χ2n) is 5.76. The van der Waals surface area contributed by atoms with E-state index in [9.17, 15) is 4.79 Å². The first-order chi connectivity index (χ1) is 13.0. The normalized spacial score (nSPS) is 15.5. The molecule has 27 heavy (non-hydrogen) atoms. The third-order valence-electron chi connectivity index (χ3n) is 3.81. The van der Waals surface area contributed by atoms with Crippen molar-refractivity contribution < 1.29 is 14.3 Å². The summed E-state index contributed by atoms with van der Waals surface area (Å²) in [7, 11) is 1.59. The molecule has 1 heterocycles. The fraction of sp³-hybridized carbons (Fsp3) is 0.200. The van der Waals surface area contributed by atoms with Crippen LogP contribution in [0.1, 0.15) is 18.9 Å². The van der Waals surface area contributed by atoms with E-state index >= 15 is 0 Å². The molecule has 0 saturated carbocycles. The predicted molar refractivity (Wildman–Crippen MR) is 116 cm³/mol. The van der Waals surface area contributed by atoms with Crippen LogP contribution in [0.4, 0.5) is 5.69 Å². The second kappa shape index (κ2) is 8.78. The SMILES string of the molecule is CCCOc1ccc(/C=C2\SC(=S)N(c3cccc(Cl)c3)C2=O)cc1OC. The number of rotatable bonds is 6. The van der Waals surface area contributed by atoms with Crippen LogP contribution in [0.3, 0.4) is 0 Å². The van der Waals surface area contributed by atoms with Crippen LogP contribution in [0.2, 0.25) is 5.02 Å². The Morgan fingerprint density at radius 2 is 2.04 bits per heavy atom. The molecule has 2 aromatic carbocycles. The number of hydrogen-bond acceptors (Lipinski definition) is 5. The molecule has 2 aromatic rings. The summed E-state index contributed by atoms with van der Waals surface area (Å²) in [5, 5.41) is 0.554. The molecular weight excluding hydrogens is 402 g/mol. The van der Waals surface area contributed by atoms with Gasteiger partial charge in [-0.25, -0.2) is 0 Å². The molecule has 0 spiro atoms. The topological polar surface area (TPSA) is 38.8 Å². The van der Waals surface area contributed by atoms with E-state index in [1.807, 2.05) is 31.2 Å². The van der Waals surface area contributed by atoms with Crippen molar-refractivity contribution in [1.82, 2.24) is 0 Å². The van der Waals surface area contributed by atoms with Gasteiger partial charge >= 0.3 is 0 Å². The molecule has 1 aliphatic rings. The zero-order valence-electron chi connectivity index (χ0n) is 14.9. The van der Waals surface area contributed by atoms with Crippen LogP contribution in [0.15, 0.2) is 47.4 Å². The fourth-order valence-electron chi connectivity index (χ4n) is 2.56. The molecule has 7 heteroatoms. The summed E-state index contributed by atoms with van der Waals surface area (Å²) >= 11 is 12.7. The minimum Gasteiger partial charge on any atom is -0.493 e. The molecule has 1 fully saturated rings. The monoisotopic (exact) mass is 419 g/mol. The lowest BCUT2D eigenvalue weighted by atomic mass is 10.2. The summed E-state index contributed by atoms with van der Waals surface area (Å²) in [5.41, 5.74) is 1.50. The van der Waals surface area contributed by atoms with Crippen LogP contribution in [-0.4, -0.2) is 23.9 Å². The van der Waals surface area contributed by atoms with E-state index in [4.69, 9.17) is 33.3 Å². The molecular formula is C20H18ClNO3S2. The fourth-order valence-corrected chi connectivity index (χ4v) is 4.05. The first-order valence-electron chi connectivity index (χ1n) is 8.38. The lowest BCUT2D eigenvalue weighted by Crippen LogP contribution is -2.27. The molecule has 0 radical (unpaired) electrons. The highest BCUT2D eigenvalue weighted by Gasteiger charge is 2.33. The number of halogens is 1. The Bertz CT molecular complexity index is 914. The van der Waals surface area contributed by atoms with E-state index in [0.29, 0.717) is 38.0 Å². The zero-order valence-corrected chi connectivity index (χ0v) is 17.3. The van der Waals surface area contributed by atoms with Crippen molar-refractivity contribution in [1.29, 1.82) is 0 Å². The van der Waals surface area contributed by atoms with Crippen LogP contribution >= 0.6 is 35.6 Å². The van der Waals surface area contributed by atoms with Crippen molar-refractivity contribution in [2.24, 2.45) is 0 Å². The predicted octanol–water partition coefficient (Wildman–Crippen LogP) is 5.54. The van der Waals surface area contributed by atoms with E-state index in [0.717, 1.165) is 12.0 Å². The van der Waals surface area contributed by atoms with Gasteiger partial charge in [0.05, 0.1) is 24.3 Å². The molecule has 3 rings (SSSR count). The van der Waals surface area contributed by atoms with Gasteiger partial charge in [0.2, 0.25) is 0 Å². The van der Waals surface area contributed by atoms with E-state index in [-0.39, 0.29) is 5.91 Å². The van der Waals surface area contributed by atoms with Gasteiger partial charge in [-0.15, -0.1) is 0 Å². The summed E-state index contributed by atoms with van der Waals surface area (Å²) in [6.45, 7) is 2.66. The number of carbonyl (C=O) groups is 1. The number of amides is 1. The van der Waals surface area contributed by atoms with E-state index in [2.05, 4.69) is 0 Å². The maximum Gasteiger partial charge on any atom is 0.270 e. The maximum absolute atomic E-state index is 12.8. The van der Waals surface area contributed by atoms with Gasteiger partial charge in [0.15, 0.2) is 15.8 Å². The second-order valence-corrected chi connectivity index (χ2v) is 7.87. The number of anilines is 1. The van der Waals surface area contributed by atoms with Crippen molar-refractivity contribution >= 4 is 57.6 Å². The third kappa shape index (κ3) is 4.46. The third-order valence-corrected chi connectivity index (χ3v) is 5.34. The quantitative estimate of drug-likeness (QED) is 0.453. The number of thiocarbonyl (C=S) groups is 1. The molecule has 140 valence electrons. The largest absolute Gasteiger partial charge is 0.493 e. The molecule has 1 amide bonds. The number of ether oxygens (including phenoxy) is 2. The van der Waals surface area contributed by atoms with Crippen molar-refractivity contribution in [3.8, 4) is 11.5 Å². The Labute approximate surface area is 173 Å². The van der Waals surface area contributed by atoms with Crippen LogP contribution in [0, 0.1) is 0 Å². The van der Waals surface area contributed by atoms with Crippen LogP contribution < -0.4 is 14.4 Å². The molecule has 0 unspecified atom stereocenters. The minimum absolute atomic E-state index is 0.169. The summed E-state index contributed by atoms with van der Waals surface area (Å²) in [5.74, 6) is 1.14. The Hall–Kier alpha value is -2.02. The first-order valence-corrected chi connectivity index (χ1v) is 9.98. The molecule has 0 aromatic heterocycles. The van der Waals surface area contributed by atoms with Crippen LogP contribution in [0.25, 0.3) is 6.08 Å². The smallest absolute Gasteiger partial charge is 0.270 e. The molecule has 0 aliphatic carbocycles. The highest BCUT2D eigenvalue weighted by atomic mass is 35.5. The van der Waals surface area contributed by atoms with E-state index < -0.39 is 0 Å². The van der Waals surface area contributed by atoms with Crippen LogP contribution in [0.5, 0.6) is 11.5 Å². The van der Waals surface area contributed by atoms with Gasteiger partial charge < -0.3 is 9.47 Å². The molecule has 4 nitrogen and oxygen atoms in total. The Morgan fingerprint density at radius 3 is 2.74 bits per heavy atom. The standard InChI is InChI=1S/C20H18ClNO3S2/c1-3-9-25-16-8-7-13(10-17(16)24-2)11-18-19(23)22(20(26)27-18)15-6-4-5-14(21)12-15/h4-8,10-12H,3,9H2,1-2H3/b18-11-. The highest BCUT2D eigenvalue weighted by Crippen LogP contribution is 2.37. The minimum atomic E-state index is -0.169. The first kappa shape index (κ1) is 19.7. The highest BCUT2D eigenvalue weighted by molar-refractivity contribution is 8.27. The van der Waals surface area contributed by atoms with Gasteiger partial charge in [-0.3, -0.25) is 9.69 Å². The number of benzene rings is 2. The van der Waals surface area contributed by atoms with Crippen molar-refractivity contribution in [2.45, 2.75) is 13.3 Å². The Balaban J connectivity index is 1.87. The maximum atomic E-state index is 12.8.